The quantitative estimate of drug-likeness (QED) is 0.330. The van der Waals surface area contributed by atoms with Crippen LogP contribution in [0.15, 0.2) is 109 Å². The first-order chi connectivity index (χ1) is 14.8. The molecule has 144 valence electrons. The minimum atomic E-state index is 0.775. The van der Waals surface area contributed by atoms with Gasteiger partial charge >= 0.3 is 0 Å². The fourth-order valence-corrected chi connectivity index (χ4v) is 3.81. The van der Waals surface area contributed by atoms with Crippen LogP contribution >= 0.6 is 0 Å². The third-order valence-corrected chi connectivity index (χ3v) is 5.12. The third kappa shape index (κ3) is 3.42. The monoisotopic (exact) mass is 387 g/mol. The molecule has 0 saturated carbocycles. The molecule has 0 bridgehead atoms. The Bertz CT molecular complexity index is 1260. The van der Waals surface area contributed by atoms with Crippen molar-refractivity contribution in [1.82, 2.24) is 9.97 Å². The van der Waals surface area contributed by atoms with Crippen LogP contribution in [-0.2, 0) is 0 Å². The molecule has 0 fully saturated rings. The lowest BCUT2D eigenvalue weighted by molar-refractivity contribution is 1.10. The number of rotatable bonds is 4. The van der Waals surface area contributed by atoms with Crippen molar-refractivity contribution < 1.29 is 0 Å². The molecule has 0 aliphatic carbocycles. The molecule has 3 heteroatoms. The topological polar surface area (TPSA) is 29.0 Å². The summed E-state index contributed by atoms with van der Waals surface area (Å²) in [6, 6.07) is 37.6. The molecule has 3 nitrogen and oxygen atoms in total. The first-order valence-corrected chi connectivity index (χ1v) is 10.0. The van der Waals surface area contributed by atoms with Gasteiger partial charge in [0.2, 0.25) is 0 Å². The smallest absolute Gasteiger partial charge is 0.126 e. The molecule has 0 radical (unpaired) electrons. The van der Waals surface area contributed by atoms with Crippen molar-refractivity contribution in [3.05, 3.63) is 115 Å². The summed E-state index contributed by atoms with van der Waals surface area (Å²) in [5.41, 5.74) is 6.32. The van der Waals surface area contributed by atoms with Crippen LogP contribution < -0.4 is 4.90 Å². The van der Waals surface area contributed by atoms with Crippen molar-refractivity contribution in [3.63, 3.8) is 0 Å². The number of para-hydroxylation sites is 3. The van der Waals surface area contributed by atoms with Crippen LogP contribution in [0.1, 0.15) is 5.82 Å². The van der Waals surface area contributed by atoms with E-state index in [1.165, 1.54) is 0 Å². The molecule has 1 aromatic heterocycles. The lowest BCUT2D eigenvalue weighted by Crippen LogP contribution is -2.09. The molecule has 0 spiro atoms. The average Bonchev–Trinajstić information content (AvgIpc) is 2.80. The van der Waals surface area contributed by atoms with Crippen molar-refractivity contribution in [2.75, 3.05) is 4.90 Å². The molecule has 0 aliphatic heterocycles. The minimum Gasteiger partial charge on any atom is -0.310 e. The van der Waals surface area contributed by atoms with E-state index in [1.54, 1.807) is 0 Å². The molecule has 0 aliphatic rings. The Morgan fingerprint density at radius 2 is 1.17 bits per heavy atom. The number of fused-ring (bicyclic) bond motifs is 1. The predicted octanol–water partition coefficient (Wildman–Crippen LogP) is 7.08. The van der Waals surface area contributed by atoms with Crippen LogP contribution in [0.5, 0.6) is 0 Å². The maximum atomic E-state index is 4.79. The second-order valence-corrected chi connectivity index (χ2v) is 7.19. The van der Waals surface area contributed by atoms with E-state index in [2.05, 4.69) is 88.7 Å². The van der Waals surface area contributed by atoms with Gasteiger partial charge in [-0.05, 0) is 49.4 Å². The van der Waals surface area contributed by atoms with E-state index in [1.807, 2.05) is 37.3 Å². The van der Waals surface area contributed by atoms with Crippen LogP contribution in [0, 0.1) is 6.92 Å². The summed E-state index contributed by atoms with van der Waals surface area (Å²) in [6.07, 6.45) is 0. The molecular formula is C27H21N3. The molecule has 30 heavy (non-hydrogen) atoms. The van der Waals surface area contributed by atoms with Crippen molar-refractivity contribution >= 4 is 28.0 Å². The highest BCUT2D eigenvalue weighted by Gasteiger charge is 2.14. The molecular weight excluding hydrogens is 366 g/mol. The molecule has 0 atom stereocenters. The van der Waals surface area contributed by atoms with Crippen molar-refractivity contribution in [2.24, 2.45) is 0 Å². The summed E-state index contributed by atoms with van der Waals surface area (Å²) in [6.45, 7) is 1.94. The highest BCUT2D eigenvalue weighted by Crippen LogP contribution is 2.36. The van der Waals surface area contributed by atoms with Crippen LogP contribution in [0.3, 0.4) is 0 Å². The van der Waals surface area contributed by atoms with Gasteiger partial charge in [0, 0.05) is 28.0 Å². The van der Waals surface area contributed by atoms with E-state index < -0.39 is 0 Å². The zero-order chi connectivity index (χ0) is 20.3. The molecule has 0 N–H and O–H groups in total. The van der Waals surface area contributed by atoms with E-state index >= 15 is 0 Å². The van der Waals surface area contributed by atoms with Gasteiger partial charge in [-0.1, -0.05) is 66.7 Å². The van der Waals surface area contributed by atoms with Gasteiger partial charge in [-0.15, -0.1) is 0 Å². The number of hydrogen-bond donors (Lipinski definition) is 0. The van der Waals surface area contributed by atoms with Crippen LogP contribution in [0.2, 0.25) is 0 Å². The number of hydrogen-bond acceptors (Lipinski definition) is 3. The lowest BCUT2D eigenvalue weighted by Gasteiger charge is -2.25. The highest BCUT2D eigenvalue weighted by molar-refractivity contribution is 5.93. The van der Waals surface area contributed by atoms with Crippen molar-refractivity contribution in [1.29, 1.82) is 0 Å². The average molecular weight is 387 g/mol. The number of aryl methyl sites for hydroxylation is 1. The van der Waals surface area contributed by atoms with Gasteiger partial charge in [0.25, 0.3) is 0 Å². The van der Waals surface area contributed by atoms with E-state index in [-0.39, 0.29) is 0 Å². The molecule has 5 aromatic rings. The van der Waals surface area contributed by atoms with Gasteiger partial charge < -0.3 is 4.90 Å². The summed E-state index contributed by atoms with van der Waals surface area (Å²) in [7, 11) is 0. The zero-order valence-electron chi connectivity index (χ0n) is 16.7. The predicted molar refractivity (Wildman–Crippen MR) is 124 cm³/mol. The standard InChI is InChI=1S/C27H21N3/c1-20-28-26-18-9-8-17-25(26)27(29-20)21-11-10-16-24(19-21)30(22-12-4-2-5-13-22)23-14-6-3-7-15-23/h2-19H,1H3. The molecule has 0 unspecified atom stereocenters. The van der Waals surface area contributed by atoms with Crippen molar-refractivity contribution in [2.45, 2.75) is 6.92 Å². The largest absolute Gasteiger partial charge is 0.310 e. The van der Waals surface area contributed by atoms with E-state index in [0.717, 1.165) is 45.0 Å². The molecule has 4 aromatic carbocycles. The Labute approximate surface area is 176 Å². The van der Waals surface area contributed by atoms with Gasteiger partial charge in [0.15, 0.2) is 0 Å². The van der Waals surface area contributed by atoms with Crippen LogP contribution in [-0.4, -0.2) is 9.97 Å². The Morgan fingerprint density at radius 3 is 1.87 bits per heavy atom. The van der Waals surface area contributed by atoms with E-state index in [4.69, 9.17) is 4.98 Å². The fourth-order valence-electron chi connectivity index (χ4n) is 3.81. The summed E-state index contributed by atoms with van der Waals surface area (Å²) in [5.74, 6) is 0.775. The van der Waals surface area contributed by atoms with Crippen LogP contribution in [0.25, 0.3) is 22.2 Å². The minimum absolute atomic E-state index is 0.775. The Morgan fingerprint density at radius 1 is 0.567 bits per heavy atom. The fraction of sp³-hybridized carbons (Fsp3) is 0.0370. The Balaban J connectivity index is 1.69. The summed E-state index contributed by atoms with van der Waals surface area (Å²) < 4.78 is 0. The summed E-state index contributed by atoms with van der Waals surface area (Å²) >= 11 is 0. The van der Waals surface area contributed by atoms with Gasteiger partial charge in [0.05, 0.1) is 11.2 Å². The van der Waals surface area contributed by atoms with Gasteiger partial charge in [-0.3, -0.25) is 0 Å². The lowest BCUT2D eigenvalue weighted by atomic mass is 10.0. The van der Waals surface area contributed by atoms with Gasteiger partial charge in [0.1, 0.15) is 5.82 Å². The zero-order valence-corrected chi connectivity index (χ0v) is 16.7. The number of anilines is 3. The normalized spacial score (nSPS) is 10.8. The highest BCUT2D eigenvalue weighted by atomic mass is 15.1. The summed E-state index contributed by atoms with van der Waals surface area (Å²) in [5, 5.41) is 1.06. The number of benzene rings is 4. The maximum Gasteiger partial charge on any atom is 0.126 e. The first kappa shape index (κ1) is 18.1. The first-order valence-electron chi connectivity index (χ1n) is 10.0. The van der Waals surface area contributed by atoms with E-state index in [0.29, 0.717) is 0 Å². The third-order valence-electron chi connectivity index (χ3n) is 5.12. The second kappa shape index (κ2) is 7.80. The SMILES string of the molecule is Cc1nc(-c2cccc(N(c3ccccc3)c3ccccc3)c2)c2ccccc2n1. The summed E-state index contributed by atoms with van der Waals surface area (Å²) in [4.78, 5) is 11.6. The maximum absolute atomic E-state index is 4.79. The van der Waals surface area contributed by atoms with Crippen LogP contribution in [0.4, 0.5) is 17.1 Å². The molecule has 0 amide bonds. The van der Waals surface area contributed by atoms with Gasteiger partial charge in [-0.2, -0.15) is 0 Å². The Hall–Kier alpha value is -3.98. The number of nitrogens with zero attached hydrogens (tertiary/aromatic N) is 3. The van der Waals surface area contributed by atoms with Crippen molar-refractivity contribution in [3.8, 4) is 11.3 Å². The van der Waals surface area contributed by atoms with E-state index in [9.17, 15) is 0 Å². The second-order valence-electron chi connectivity index (χ2n) is 7.19. The molecule has 1 heterocycles. The Kier molecular flexibility index (Phi) is 4.70. The van der Waals surface area contributed by atoms with Gasteiger partial charge in [-0.25, -0.2) is 9.97 Å². The molecule has 0 saturated heterocycles. The number of aromatic nitrogens is 2. The molecule has 5 rings (SSSR count).